The highest BCUT2D eigenvalue weighted by Crippen LogP contribution is 2.39. The molecule has 4 rings (SSSR count). The third-order valence-corrected chi connectivity index (χ3v) is 6.69. The van der Waals surface area contributed by atoms with E-state index in [2.05, 4.69) is 28.1 Å². The Balaban J connectivity index is 1.88. The van der Waals surface area contributed by atoms with Gasteiger partial charge in [-0.1, -0.05) is 30.3 Å². The summed E-state index contributed by atoms with van der Waals surface area (Å²) in [6.45, 7) is 1.15. The van der Waals surface area contributed by atoms with Crippen molar-refractivity contribution in [1.82, 2.24) is 4.98 Å². The lowest BCUT2D eigenvalue weighted by Crippen LogP contribution is -2.61. The molecule has 1 N–H and O–H groups in total. The van der Waals surface area contributed by atoms with E-state index in [-0.39, 0.29) is 9.93 Å². The first-order chi connectivity index (χ1) is 11.4. The molecule has 126 valence electrons. The molecule has 1 saturated heterocycles. The lowest BCUT2D eigenvalue weighted by Gasteiger charge is -2.44. The smallest absolute Gasteiger partial charge is 0.338 e. The third kappa shape index (κ3) is 2.31. The number of rotatable bonds is 1. The van der Waals surface area contributed by atoms with Gasteiger partial charge in [-0.25, -0.2) is 9.54 Å². The molecule has 3 heterocycles. The lowest BCUT2D eigenvalue weighted by atomic mass is 9.96. The van der Waals surface area contributed by atoms with Crippen molar-refractivity contribution in [2.45, 2.75) is 12.5 Å². The summed E-state index contributed by atoms with van der Waals surface area (Å²) in [7, 11) is -2.59. The van der Waals surface area contributed by atoms with Crippen LogP contribution in [0.3, 0.4) is 0 Å². The molecule has 0 saturated carbocycles. The van der Waals surface area contributed by atoms with Crippen LogP contribution in [0.4, 0.5) is 5.82 Å². The van der Waals surface area contributed by atoms with E-state index in [4.69, 9.17) is 0 Å². The van der Waals surface area contributed by atoms with Crippen LogP contribution in [0.15, 0.2) is 42.6 Å². The van der Waals surface area contributed by atoms with E-state index in [9.17, 15) is 13.0 Å². The van der Waals surface area contributed by atoms with Crippen LogP contribution in [0.1, 0.15) is 22.7 Å². The van der Waals surface area contributed by atoms with Gasteiger partial charge in [-0.3, -0.25) is 0 Å². The van der Waals surface area contributed by atoms with Gasteiger partial charge >= 0.3 is 10.3 Å². The Morgan fingerprint density at radius 3 is 2.75 bits per heavy atom. The van der Waals surface area contributed by atoms with Crippen LogP contribution in [0.2, 0.25) is 0 Å². The molecule has 24 heavy (non-hydrogen) atoms. The van der Waals surface area contributed by atoms with Gasteiger partial charge in [-0.05, 0) is 22.8 Å². The summed E-state index contributed by atoms with van der Waals surface area (Å²) < 4.78 is 33.2. The fraction of sp³-hybridized carbons (Fsp3) is 0.353. The molecule has 2 aliphatic rings. The van der Waals surface area contributed by atoms with Gasteiger partial charge in [-0.15, -0.1) is 8.42 Å². The summed E-state index contributed by atoms with van der Waals surface area (Å²) >= 11 is 0. The maximum absolute atomic E-state index is 11.9. The molecule has 7 heteroatoms. The van der Waals surface area contributed by atoms with Gasteiger partial charge in [0.15, 0.2) is 0 Å². The topological polar surface area (TPSA) is 70.5 Å². The summed E-state index contributed by atoms with van der Waals surface area (Å²) in [4.78, 5) is 6.75. The van der Waals surface area contributed by atoms with Crippen molar-refractivity contribution in [3.63, 3.8) is 0 Å². The van der Waals surface area contributed by atoms with Crippen molar-refractivity contribution < 1.29 is 16.9 Å². The van der Waals surface area contributed by atoms with Crippen molar-refractivity contribution in [2.24, 2.45) is 0 Å². The van der Waals surface area contributed by atoms with Crippen LogP contribution in [-0.4, -0.2) is 48.5 Å². The predicted molar refractivity (Wildman–Crippen MR) is 91.0 cm³/mol. The zero-order chi connectivity index (χ0) is 16.9. The average Bonchev–Trinajstić information content (AvgIpc) is 2.68. The normalized spacial score (nSPS) is 26.1. The molecule has 2 aromatic rings. The second-order valence-corrected chi connectivity index (χ2v) is 8.50. The van der Waals surface area contributed by atoms with Crippen molar-refractivity contribution in [3.05, 3.63) is 59.3 Å². The summed E-state index contributed by atoms with van der Waals surface area (Å²) in [6.07, 6.45) is 2.55. The van der Waals surface area contributed by atoms with E-state index in [1.807, 2.05) is 18.2 Å². The number of piperazine rings is 1. The highest BCUT2D eigenvalue weighted by Gasteiger charge is 2.46. The molecule has 2 aliphatic heterocycles. The van der Waals surface area contributed by atoms with E-state index in [1.54, 1.807) is 13.2 Å². The molecule has 2 unspecified atom stereocenters. The Kier molecular flexibility index (Phi) is 3.42. The fourth-order valence-electron chi connectivity index (χ4n) is 3.81. The molecule has 1 aromatic heterocycles. The standard InChI is InChI=1S/C17H19N3O3S/c1-20(24(21,22)23)10-9-19-16(12-20)15-7-3-2-5-13(15)11-14-6-4-8-18-17(14)19/h2-8,16H,9-12H2,1H3/p+1. The average molecular weight is 346 g/mol. The highest BCUT2D eigenvalue weighted by molar-refractivity contribution is 7.80. The number of pyridine rings is 1. The van der Waals surface area contributed by atoms with E-state index >= 15 is 0 Å². The Bertz CT molecular complexity index is 899. The number of likely N-dealkylation sites (N-methyl/N-ethyl adjacent to an activating group) is 1. The van der Waals surface area contributed by atoms with E-state index in [0.717, 1.165) is 23.4 Å². The first-order valence-corrected chi connectivity index (χ1v) is 9.39. The van der Waals surface area contributed by atoms with Crippen LogP contribution in [0.5, 0.6) is 0 Å². The zero-order valence-corrected chi connectivity index (χ0v) is 14.3. The van der Waals surface area contributed by atoms with Crippen molar-refractivity contribution in [2.75, 3.05) is 31.6 Å². The molecule has 0 amide bonds. The van der Waals surface area contributed by atoms with Crippen molar-refractivity contribution in [1.29, 1.82) is 0 Å². The first-order valence-electron chi connectivity index (χ1n) is 7.99. The largest absolute Gasteiger partial charge is 0.432 e. The second-order valence-electron chi connectivity index (χ2n) is 6.72. The SMILES string of the molecule is C[N+]1(S(=O)(=O)O)CCN2c3ncccc3Cc3ccccc3C2C1. The molecular weight excluding hydrogens is 326 g/mol. The minimum Gasteiger partial charge on any atom is -0.338 e. The maximum Gasteiger partial charge on any atom is 0.432 e. The molecular formula is C17H20N3O3S+. The van der Waals surface area contributed by atoms with E-state index in [0.29, 0.717) is 19.6 Å². The summed E-state index contributed by atoms with van der Waals surface area (Å²) in [5.41, 5.74) is 3.45. The van der Waals surface area contributed by atoms with Gasteiger partial charge in [0.1, 0.15) is 24.9 Å². The summed E-state index contributed by atoms with van der Waals surface area (Å²) in [5.74, 6) is 0.917. The van der Waals surface area contributed by atoms with Gasteiger partial charge in [0.25, 0.3) is 0 Å². The number of hydrogen-bond acceptors (Lipinski definition) is 4. The van der Waals surface area contributed by atoms with Gasteiger partial charge in [-0.2, -0.15) is 3.89 Å². The number of benzene rings is 1. The molecule has 1 aromatic carbocycles. The number of hydrogen-bond donors (Lipinski definition) is 1. The fourth-order valence-corrected chi connectivity index (χ4v) is 4.45. The monoisotopic (exact) mass is 346 g/mol. The number of anilines is 1. The molecule has 0 aliphatic carbocycles. The van der Waals surface area contributed by atoms with Crippen LogP contribution < -0.4 is 4.90 Å². The van der Waals surface area contributed by atoms with Gasteiger partial charge in [0, 0.05) is 12.6 Å². The molecule has 0 bridgehead atoms. The maximum atomic E-state index is 11.9. The van der Waals surface area contributed by atoms with Gasteiger partial charge in [0.2, 0.25) is 0 Å². The van der Waals surface area contributed by atoms with Gasteiger partial charge < -0.3 is 4.90 Å². The minimum absolute atomic E-state index is 0.127. The first kappa shape index (κ1) is 15.6. The second kappa shape index (κ2) is 5.27. The Morgan fingerprint density at radius 1 is 1.21 bits per heavy atom. The summed E-state index contributed by atoms with van der Waals surface area (Å²) in [6, 6.07) is 12.0. The van der Waals surface area contributed by atoms with Crippen LogP contribution in [0, 0.1) is 0 Å². The molecule has 0 spiro atoms. The minimum atomic E-state index is -4.18. The van der Waals surface area contributed by atoms with Crippen LogP contribution in [-0.2, 0) is 16.7 Å². The van der Waals surface area contributed by atoms with Gasteiger partial charge in [0.05, 0.1) is 13.6 Å². The number of fused-ring (bicyclic) bond motifs is 5. The highest BCUT2D eigenvalue weighted by atomic mass is 32.2. The Labute approximate surface area is 141 Å². The van der Waals surface area contributed by atoms with Crippen LogP contribution in [0.25, 0.3) is 0 Å². The summed E-state index contributed by atoms with van der Waals surface area (Å²) in [5, 5.41) is 0. The van der Waals surface area contributed by atoms with E-state index in [1.165, 1.54) is 5.56 Å². The van der Waals surface area contributed by atoms with Crippen molar-refractivity contribution in [3.8, 4) is 0 Å². The molecule has 0 radical (unpaired) electrons. The van der Waals surface area contributed by atoms with Crippen molar-refractivity contribution >= 4 is 16.1 Å². The van der Waals surface area contributed by atoms with Crippen LogP contribution >= 0.6 is 0 Å². The Hall–Kier alpha value is -1.96. The number of aromatic nitrogens is 1. The Morgan fingerprint density at radius 2 is 1.96 bits per heavy atom. The molecule has 1 fully saturated rings. The third-order valence-electron chi connectivity index (χ3n) is 5.24. The lowest BCUT2D eigenvalue weighted by molar-refractivity contribution is -0.794. The number of nitrogens with zero attached hydrogens (tertiary/aromatic N) is 3. The van der Waals surface area contributed by atoms with E-state index < -0.39 is 10.3 Å². The predicted octanol–water partition coefficient (Wildman–Crippen LogP) is 1.80. The molecule has 6 nitrogen and oxygen atoms in total. The quantitative estimate of drug-likeness (QED) is 0.630. The number of quaternary nitrogens is 1. The zero-order valence-electron chi connectivity index (χ0n) is 13.5. The molecule has 2 atom stereocenters.